The second kappa shape index (κ2) is 4.32. The van der Waals surface area contributed by atoms with E-state index in [0.29, 0.717) is 5.56 Å². The fourth-order valence-corrected chi connectivity index (χ4v) is 1.82. The minimum Gasteiger partial charge on any atom is -0.409 e. The van der Waals surface area contributed by atoms with Gasteiger partial charge in [0.2, 0.25) is 0 Å². The van der Waals surface area contributed by atoms with Gasteiger partial charge in [-0.05, 0) is 34.1 Å². The number of hydrogen-bond acceptors (Lipinski definition) is 3. The van der Waals surface area contributed by atoms with E-state index in [1.807, 2.05) is 31.1 Å². The molecule has 0 unspecified atom stereocenters. The van der Waals surface area contributed by atoms with Crippen LogP contribution in [0.3, 0.4) is 0 Å². The lowest BCUT2D eigenvalue weighted by Gasteiger charge is -2.14. The van der Waals surface area contributed by atoms with Crippen molar-refractivity contribution in [2.75, 3.05) is 19.0 Å². The summed E-state index contributed by atoms with van der Waals surface area (Å²) in [5.74, 6) is 0.107. The van der Waals surface area contributed by atoms with E-state index >= 15 is 0 Å². The van der Waals surface area contributed by atoms with Gasteiger partial charge in [-0.2, -0.15) is 0 Å². The second-order valence-electron chi connectivity index (χ2n) is 3.05. The van der Waals surface area contributed by atoms with Gasteiger partial charge in [0.1, 0.15) is 0 Å². The maximum Gasteiger partial charge on any atom is 0.170 e. The van der Waals surface area contributed by atoms with Gasteiger partial charge in [-0.3, -0.25) is 0 Å². The van der Waals surface area contributed by atoms with Crippen molar-refractivity contribution < 1.29 is 5.21 Å². The summed E-state index contributed by atoms with van der Waals surface area (Å²) in [6, 6.07) is 5.51. The third kappa shape index (κ3) is 2.17. The lowest BCUT2D eigenvalue weighted by Crippen LogP contribution is -2.14. The van der Waals surface area contributed by atoms with Crippen molar-refractivity contribution >= 4 is 27.5 Å². The number of amidine groups is 1. The summed E-state index contributed by atoms with van der Waals surface area (Å²) in [6.45, 7) is 0. The Morgan fingerprint density at radius 3 is 2.57 bits per heavy atom. The normalized spacial score (nSPS) is 11.5. The summed E-state index contributed by atoms with van der Waals surface area (Å²) in [4.78, 5) is 1.97. The fraction of sp³-hybridized carbons (Fsp3) is 0.222. The van der Waals surface area contributed by atoms with Crippen molar-refractivity contribution in [3.8, 4) is 0 Å². The Morgan fingerprint density at radius 2 is 2.14 bits per heavy atom. The number of hydrogen-bond donors (Lipinski definition) is 2. The van der Waals surface area contributed by atoms with E-state index in [1.165, 1.54) is 0 Å². The lowest BCUT2D eigenvalue weighted by atomic mass is 10.2. The molecule has 0 aliphatic rings. The van der Waals surface area contributed by atoms with Gasteiger partial charge in [-0.1, -0.05) is 5.16 Å². The molecule has 0 radical (unpaired) electrons. The van der Waals surface area contributed by atoms with Crippen LogP contribution in [0, 0.1) is 0 Å². The molecule has 76 valence electrons. The van der Waals surface area contributed by atoms with Crippen molar-refractivity contribution in [1.29, 1.82) is 0 Å². The molecule has 14 heavy (non-hydrogen) atoms. The Balaban J connectivity index is 3.13. The molecule has 0 saturated carbocycles. The van der Waals surface area contributed by atoms with Crippen LogP contribution in [0.2, 0.25) is 0 Å². The first-order chi connectivity index (χ1) is 6.56. The third-order valence-corrected chi connectivity index (χ3v) is 2.47. The number of anilines is 1. The van der Waals surface area contributed by atoms with E-state index in [2.05, 4.69) is 21.1 Å². The average molecular weight is 258 g/mol. The molecule has 0 aliphatic carbocycles. The van der Waals surface area contributed by atoms with E-state index in [-0.39, 0.29) is 5.84 Å². The Kier molecular flexibility index (Phi) is 3.35. The molecule has 0 atom stereocenters. The molecule has 1 aromatic carbocycles. The standard InChI is InChI=1S/C9H12BrN3O/c1-13(2)8-4-3-6(5-7(8)10)9(11)12-14/h3-5,14H,1-2H3,(H2,11,12). The number of nitrogens with two attached hydrogens (primary N) is 1. The van der Waals surface area contributed by atoms with Gasteiger partial charge < -0.3 is 15.8 Å². The first-order valence-electron chi connectivity index (χ1n) is 4.01. The summed E-state index contributed by atoms with van der Waals surface area (Å²) in [5, 5.41) is 11.4. The van der Waals surface area contributed by atoms with Crippen LogP contribution in [-0.2, 0) is 0 Å². The van der Waals surface area contributed by atoms with E-state index in [4.69, 9.17) is 10.9 Å². The quantitative estimate of drug-likeness (QED) is 0.366. The first-order valence-corrected chi connectivity index (χ1v) is 4.80. The van der Waals surface area contributed by atoms with Gasteiger partial charge in [-0.25, -0.2) is 0 Å². The molecule has 5 heteroatoms. The third-order valence-electron chi connectivity index (χ3n) is 1.83. The molecule has 3 N–H and O–H groups in total. The number of halogens is 1. The number of rotatable bonds is 2. The van der Waals surface area contributed by atoms with Gasteiger partial charge >= 0.3 is 0 Å². The Hall–Kier alpha value is -1.23. The summed E-state index contributed by atoms with van der Waals surface area (Å²) in [7, 11) is 3.90. The van der Waals surface area contributed by atoms with E-state index in [1.54, 1.807) is 6.07 Å². The van der Waals surface area contributed by atoms with Crippen molar-refractivity contribution in [2.24, 2.45) is 10.9 Å². The van der Waals surface area contributed by atoms with Crippen LogP contribution >= 0.6 is 15.9 Å². The van der Waals surface area contributed by atoms with Gasteiger partial charge in [0.25, 0.3) is 0 Å². The summed E-state index contributed by atoms with van der Waals surface area (Å²) >= 11 is 3.41. The number of benzene rings is 1. The predicted octanol–water partition coefficient (Wildman–Crippen LogP) is 1.61. The maximum atomic E-state index is 8.49. The largest absolute Gasteiger partial charge is 0.409 e. The van der Waals surface area contributed by atoms with Gasteiger partial charge in [0.15, 0.2) is 5.84 Å². The topological polar surface area (TPSA) is 61.8 Å². The molecule has 0 aliphatic heterocycles. The van der Waals surface area contributed by atoms with Gasteiger partial charge in [0, 0.05) is 24.1 Å². The molecular formula is C9H12BrN3O. The van der Waals surface area contributed by atoms with Crippen molar-refractivity contribution in [3.05, 3.63) is 28.2 Å². The number of oxime groups is 1. The van der Waals surface area contributed by atoms with E-state index < -0.39 is 0 Å². The van der Waals surface area contributed by atoms with Crippen LogP contribution in [0.25, 0.3) is 0 Å². The Morgan fingerprint density at radius 1 is 1.50 bits per heavy atom. The zero-order chi connectivity index (χ0) is 10.7. The van der Waals surface area contributed by atoms with Crippen LogP contribution in [-0.4, -0.2) is 25.1 Å². The van der Waals surface area contributed by atoms with Crippen LogP contribution in [0.1, 0.15) is 5.56 Å². The van der Waals surface area contributed by atoms with Gasteiger partial charge in [0.05, 0.1) is 5.69 Å². The minimum atomic E-state index is 0.107. The molecule has 0 spiro atoms. The summed E-state index contributed by atoms with van der Waals surface area (Å²) in [5.41, 5.74) is 7.18. The lowest BCUT2D eigenvalue weighted by molar-refractivity contribution is 0.318. The van der Waals surface area contributed by atoms with Crippen molar-refractivity contribution in [3.63, 3.8) is 0 Å². The van der Waals surface area contributed by atoms with Gasteiger partial charge in [-0.15, -0.1) is 0 Å². The smallest absolute Gasteiger partial charge is 0.170 e. The molecule has 0 saturated heterocycles. The van der Waals surface area contributed by atoms with Crippen molar-refractivity contribution in [1.82, 2.24) is 0 Å². The zero-order valence-corrected chi connectivity index (χ0v) is 9.62. The molecule has 1 rings (SSSR count). The second-order valence-corrected chi connectivity index (χ2v) is 3.90. The SMILES string of the molecule is CN(C)c1ccc(/C(N)=N/O)cc1Br. The molecular weight excluding hydrogens is 246 g/mol. The molecule has 0 bridgehead atoms. The van der Waals surface area contributed by atoms with Crippen LogP contribution in [0.15, 0.2) is 27.8 Å². The average Bonchev–Trinajstić information content (AvgIpc) is 2.15. The predicted molar refractivity (Wildman–Crippen MR) is 61.0 cm³/mol. The highest BCUT2D eigenvalue weighted by atomic mass is 79.9. The summed E-state index contributed by atoms with van der Waals surface area (Å²) < 4.78 is 0.909. The van der Waals surface area contributed by atoms with Crippen molar-refractivity contribution in [2.45, 2.75) is 0 Å². The molecule has 0 amide bonds. The minimum absolute atomic E-state index is 0.107. The Bertz CT molecular complexity index is 363. The molecule has 4 nitrogen and oxygen atoms in total. The van der Waals surface area contributed by atoms with E-state index in [0.717, 1.165) is 10.2 Å². The Labute approximate surface area is 91.1 Å². The zero-order valence-electron chi connectivity index (χ0n) is 8.03. The van der Waals surface area contributed by atoms with Crippen LogP contribution in [0.5, 0.6) is 0 Å². The highest BCUT2D eigenvalue weighted by molar-refractivity contribution is 9.10. The number of nitrogens with zero attached hydrogens (tertiary/aromatic N) is 2. The molecule has 1 aromatic rings. The molecule has 0 heterocycles. The monoisotopic (exact) mass is 257 g/mol. The molecule has 0 aromatic heterocycles. The fourth-order valence-electron chi connectivity index (χ4n) is 1.09. The highest BCUT2D eigenvalue weighted by Gasteiger charge is 2.05. The highest BCUT2D eigenvalue weighted by Crippen LogP contribution is 2.25. The van der Waals surface area contributed by atoms with E-state index in [9.17, 15) is 0 Å². The maximum absolute atomic E-state index is 8.49. The first kappa shape index (κ1) is 10.8. The molecule has 0 fully saturated rings. The van der Waals surface area contributed by atoms with Crippen LogP contribution in [0.4, 0.5) is 5.69 Å². The van der Waals surface area contributed by atoms with Crippen LogP contribution < -0.4 is 10.6 Å². The summed E-state index contributed by atoms with van der Waals surface area (Å²) in [6.07, 6.45) is 0.